The molecular weight excluding hydrogens is 208 g/mol. The number of likely N-dealkylation sites (N-methyl/N-ethyl adjacent to an activating group) is 1. The minimum atomic E-state index is 0.0268. The van der Waals surface area contributed by atoms with Gasteiger partial charge in [-0.1, -0.05) is 12.2 Å². The average Bonchev–Trinajstić information content (AvgIpc) is 2.44. The minimum absolute atomic E-state index is 0.0268. The first-order valence-corrected chi connectivity index (χ1v) is 5.50. The second-order valence-electron chi connectivity index (χ2n) is 4.99. The third-order valence-electron chi connectivity index (χ3n) is 2.68. The summed E-state index contributed by atoms with van der Waals surface area (Å²) in [7, 11) is 6.15. The number of quaternary nitrogens is 1. The molecule has 0 fully saturated rings. The molecular formula is C11H19N2OS+. The van der Waals surface area contributed by atoms with Gasteiger partial charge in [-0.15, -0.1) is 0 Å². The number of nitrogens with zero attached hydrogens (tertiary/aromatic N) is 1. The van der Waals surface area contributed by atoms with Gasteiger partial charge in [0.1, 0.15) is 0 Å². The van der Waals surface area contributed by atoms with Crippen molar-refractivity contribution in [3.63, 3.8) is 0 Å². The third kappa shape index (κ3) is 3.39. The SMILES string of the molecule is CC(=O)[C@H](CC1=CNC(=S)C1)[N+](C)(C)C. The van der Waals surface area contributed by atoms with Gasteiger partial charge in [-0.05, 0) is 5.57 Å². The molecule has 0 saturated heterocycles. The fourth-order valence-electron chi connectivity index (χ4n) is 1.83. The van der Waals surface area contributed by atoms with Crippen molar-refractivity contribution in [1.82, 2.24) is 5.32 Å². The van der Waals surface area contributed by atoms with Crippen LogP contribution in [0.15, 0.2) is 11.8 Å². The van der Waals surface area contributed by atoms with Crippen LogP contribution in [-0.4, -0.2) is 42.4 Å². The standard InChI is InChI=1S/C11H18N2OS/c1-8(14)10(13(2,3)4)5-9-6-11(15)12-7-9/h7,10H,5-6H2,1-4H3/p+1/t10-/m0/s1. The van der Waals surface area contributed by atoms with Gasteiger partial charge >= 0.3 is 0 Å². The van der Waals surface area contributed by atoms with Gasteiger partial charge < -0.3 is 9.80 Å². The van der Waals surface area contributed by atoms with Crippen LogP contribution in [0.3, 0.4) is 0 Å². The number of Topliss-reactive ketones (excluding diaryl/α,β-unsaturated/α-hetero) is 1. The van der Waals surface area contributed by atoms with E-state index >= 15 is 0 Å². The van der Waals surface area contributed by atoms with Crippen LogP contribution in [-0.2, 0) is 4.79 Å². The Balaban J connectivity index is 2.68. The van der Waals surface area contributed by atoms with Crippen molar-refractivity contribution in [2.75, 3.05) is 21.1 Å². The Morgan fingerprint density at radius 1 is 1.60 bits per heavy atom. The fraction of sp³-hybridized carbons (Fsp3) is 0.636. The number of carbonyl (C=O) groups is 1. The average molecular weight is 227 g/mol. The summed E-state index contributed by atoms with van der Waals surface area (Å²) >= 11 is 5.05. The molecule has 0 aromatic heterocycles. The minimum Gasteiger partial charge on any atom is -0.356 e. The van der Waals surface area contributed by atoms with Gasteiger partial charge in [0, 0.05) is 26.0 Å². The number of ketones is 1. The molecule has 1 heterocycles. The Morgan fingerprint density at radius 2 is 2.20 bits per heavy atom. The molecule has 0 aromatic rings. The summed E-state index contributed by atoms with van der Waals surface area (Å²) in [6.07, 6.45) is 3.54. The van der Waals surface area contributed by atoms with Gasteiger partial charge in [-0.2, -0.15) is 0 Å². The Labute approximate surface area is 96.7 Å². The maximum absolute atomic E-state index is 11.6. The number of rotatable bonds is 4. The summed E-state index contributed by atoms with van der Waals surface area (Å²) in [5.41, 5.74) is 1.23. The lowest BCUT2D eigenvalue weighted by atomic mass is 10.0. The molecule has 0 radical (unpaired) electrons. The Morgan fingerprint density at radius 3 is 2.53 bits per heavy atom. The highest BCUT2D eigenvalue weighted by atomic mass is 32.1. The Kier molecular flexibility index (Phi) is 3.62. The summed E-state index contributed by atoms with van der Waals surface area (Å²) in [6, 6.07) is 0.0268. The van der Waals surface area contributed by atoms with Crippen molar-refractivity contribution >= 4 is 23.0 Å². The van der Waals surface area contributed by atoms with E-state index in [-0.39, 0.29) is 11.8 Å². The van der Waals surface area contributed by atoms with E-state index in [4.69, 9.17) is 12.2 Å². The van der Waals surface area contributed by atoms with E-state index in [0.717, 1.165) is 17.8 Å². The Hall–Kier alpha value is -0.740. The highest BCUT2D eigenvalue weighted by molar-refractivity contribution is 7.80. The van der Waals surface area contributed by atoms with E-state index in [1.165, 1.54) is 5.57 Å². The van der Waals surface area contributed by atoms with Gasteiger partial charge in [0.05, 0.1) is 26.1 Å². The topological polar surface area (TPSA) is 29.1 Å². The van der Waals surface area contributed by atoms with Crippen LogP contribution in [0.2, 0.25) is 0 Å². The van der Waals surface area contributed by atoms with Crippen molar-refractivity contribution in [2.45, 2.75) is 25.8 Å². The quantitative estimate of drug-likeness (QED) is 0.579. The lowest BCUT2D eigenvalue weighted by Gasteiger charge is -2.32. The van der Waals surface area contributed by atoms with Crippen LogP contribution >= 0.6 is 12.2 Å². The zero-order valence-electron chi connectivity index (χ0n) is 9.83. The van der Waals surface area contributed by atoms with Crippen LogP contribution in [0.1, 0.15) is 19.8 Å². The lowest BCUT2D eigenvalue weighted by Crippen LogP contribution is -2.49. The first-order chi connectivity index (χ1) is 6.80. The van der Waals surface area contributed by atoms with E-state index in [9.17, 15) is 4.79 Å². The first kappa shape index (κ1) is 12.3. The van der Waals surface area contributed by atoms with E-state index in [1.54, 1.807) is 6.92 Å². The lowest BCUT2D eigenvalue weighted by molar-refractivity contribution is -0.886. The predicted molar refractivity (Wildman–Crippen MR) is 65.6 cm³/mol. The zero-order valence-corrected chi connectivity index (χ0v) is 10.6. The maximum atomic E-state index is 11.6. The van der Waals surface area contributed by atoms with Crippen molar-refractivity contribution in [3.8, 4) is 0 Å². The molecule has 1 atom stereocenters. The maximum Gasteiger partial charge on any atom is 0.187 e. The van der Waals surface area contributed by atoms with Crippen LogP contribution in [0.4, 0.5) is 0 Å². The number of thiocarbonyl (C=S) groups is 1. The number of nitrogens with one attached hydrogen (secondary N) is 1. The predicted octanol–water partition coefficient (Wildman–Crippen LogP) is 1.24. The van der Waals surface area contributed by atoms with Gasteiger partial charge in [0.25, 0.3) is 0 Å². The molecule has 84 valence electrons. The molecule has 0 amide bonds. The van der Waals surface area contributed by atoms with Crippen molar-refractivity contribution < 1.29 is 9.28 Å². The van der Waals surface area contributed by atoms with Gasteiger partial charge in [-0.3, -0.25) is 4.79 Å². The molecule has 0 aliphatic carbocycles. The summed E-state index contributed by atoms with van der Waals surface area (Å²) in [5.74, 6) is 0.237. The molecule has 1 rings (SSSR count). The van der Waals surface area contributed by atoms with E-state index < -0.39 is 0 Å². The molecule has 4 heteroatoms. The van der Waals surface area contributed by atoms with Crippen LogP contribution in [0.5, 0.6) is 0 Å². The number of carbonyl (C=O) groups excluding carboxylic acids is 1. The van der Waals surface area contributed by atoms with Gasteiger partial charge in [0.15, 0.2) is 11.8 Å². The second-order valence-corrected chi connectivity index (χ2v) is 5.49. The Bertz CT molecular complexity index is 315. The van der Waals surface area contributed by atoms with E-state index in [2.05, 4.69) is 5.32 Å². The van der Waals surface area contributed by atoms with Crippen molar-refractivity contribution in [3.05, 3.63) is 11.8 Å². The molecule has 0 aromatic carbocycles. The molecule has 0 saturated carbocycles. The monoisotopic (exact) mass is 227 g/mol. The van der Waals surface area contributed by atoms with Crippen molar-refractivity contribution in [1.29, 1.82) is 0 Å². The summed E-state index contributed by atoms with van der Waals surface area (Å²) in [5, 5.41) is 3.02. The highest BCUT2D eigenvalue weighted by Crippen LogP contribution is 2.20. The molecule has 15 heavy (non-hydrogen) atoms. The molecule has 1 aliphatic rings. The molecule has 3 nitrogen and oxygen atoms in total. The molecule has 0 unspecified atom stereocenters. The molecule has 1 N–H and O–H groups in total. The van der Waals surface area contributed by atoms with Gasteiger partial charge in [-0.25, -0.2) is 0 Å². The summed E-state index contributed by atoms with van der Waals surface area (Å²) in [4.78, 5) is 12.4. The smallest absolute Gasteiger partial charge is 0.187 e. The van der Waals surface area contributed by atoms with E-state index in [0.29, 0.717) is 4.48 Å². The van der Waals surface area contributed by atoms with Crippen LogP contribution < -0.4 is 5.32 Å². The van der Waals surface area contributed by atoms with Gasteiger partial charge in [0.2, 0.25) is 0 Å². The van der Waals surface area contributed by atoms with Crippen molar-refractivity contribution in [2.24, 2.45) is 0 Å². The van der Waals surface area contributed by atoms with Crippen LogP contribution in [0, 0.1) is 0 Å². The largest absolute Gasteiger partial charge is 0.356 e. The highest BCUT2D eigenvalue weighted by Gasteiger charge is 2.30. The number of hydrogen-bond acceptors (Lipinski definition) is 2. The summed E-state index contributed by atoms with van der Waals surface area (Å²) < 4.78 is 0.666. The summed E-state index contributed by atoms with van der Waals surface area (Å²) in [6.45, 7) is 1.66. The molecule has 0 spiro atoms. The first-order valence-electron chi connectivity index (χ1n) is 5.09. The second kappa shape index (κ2) is 4.41. The van der Waals surface area contributed by atoms with Crippen LogP contribution in [0.25, 0.3) is 0 Å². The number of hydrogen-bond donors (Lipinski definition) is 1. The molecule has 1 aliphatic heterocycles. The zero-order chi connectivity index (χ0) is 11.6. The normalized spacial score (nSPS) is 18.4. The molecule has 0 bridgehead atoms. The fourth-order valence-corrected chi connectivity index (χ4v) is 2.08. The van der Waals surface area contributed by atoms with E-state index in [1.807, 2.05) is 27.3 Å². The third-order valence-corrected chi connectivity index (χ3v) is 2.95.